The Morgan fingerprint density at radius 2 is 1.56 bits per heavy atom. The molecule has 0 unspecified atom stereocenters. The van der Waals surface area contributed by atoms with Gasteiger partial charge in [-0.15, -0.1) is 0 Å². The Balaban J connectivity index is 1.85. The van der Waals surface area contributed by atoms with Crippen LogP contribution in [0, 0.1) is 0 Å². The Labute approximate surface area is 161 Å². The molecular weight excluding hydrogens is 388 g/mol. The van der Waals surface area contributed by atoms with Gasteiger partial charge in [0.2, 0.25) is 0 Å². The van der Waals surface area contributed by atoms with Crippen LogP contribution in [-0.4, -0.2) is 19.5 Å². The predicted molar refractivity (Wildman–Crippen MR) is 103 cm³/mol. The van der Waals surface area contributed by atoms with Gasteiger partial charge in [-0.3, -0.25) is 14.7 Å². The van der Waals surface area contributed by atoms with Gasteiger partial charge in [-0.2, -0.15) is 0 Å². The summed E-state index contributed by atoms with van der Waals surface area (Å²) in [5, 5.41) is 9.11. The molecule has 0 aliphatic heterocycles. The molecule has 3 aromatic rings. The monoisotopic (exact) mass is 402 g/mol. The number of anilines is 1. The maximum Gasteiger partial charge on any atom is 0.274 e. The Morgan fingerprint density at radius 3 is 2.19 bits per heavy atom. The Morgan fingerprint density at radius 1 is 0.889 bits per heavy atom. The fourth-order valence-electron chi connectivity index (χ4n) is 2.47. The van der Waals surface area contributed by atoms with Crippen molar-refractivity contribution in [3.8, 4) is 11.1 Å². The van der Waals surface area contributed by atoms with Crippen LogP contribution in [0.3, 0.4) is 0 Å². The summed E-state index contributed by atoms with van der Waals surface area (Å²) in [4.78, 5) is 11.5. The van der Waals surface area contributed by atoms with E-state index in [-0.39, 0.29) is 4.90 Å². The molecule has 0 radical (unpaired) electrons. The molecule has 0 saturated carbocycles. The highest BCUT2D eigenvalue weighted by molar-refractivity contribution is 7.92. The van der Waals surface area contributed by atoms with Crippen LogP contribution in [0.1, 0.15) is 10.4 Å². The summed E-state index contributed by atoms with van der Waals surface area (Å²) >= 11 is 5.80. The molecule has 0 aliphatic rings. The fraction of sp³-hybridized carbons (Fsp3) is 0. The smallest absolute Gasteiger partial charge is 0.274 e. The third-order valence-electron chi connectivity index (χ3n) is 3.82. The lowest BCUT2D eigenvalue weighted by atomic mass is 10.0. The van der Waals surface area contributed by atoms with Crippen molar-refractivity contribution in [2.75, 3.05) is 4.72 Å². The number of amides is 1. The standard InChI is InChI=1S/C19H15ClN2O4S/c20-16-8-10-18(11-9-16)27(25,26)22-17-3-1-2-15(12-17)13-4-6-14(7-5-13)19(23)21-24/h1-12,22,24H,(H,21,23). The average molecular weight is 403 g/mol. The van der Waals surface area contributed by atoms with Crippen LogP contribution in [0.4, 0.5) is 5.69 Å². The van der Waals surface area contributed by atoms with E-state index in [2.05, 4.69) is 4.72 Å². The number of benzene rings is 3. The van der Waals surface area contributed by atoms with Crippen molar-refractivity contribution in [1.29, 1.82) is 0 Å². The minimum atomic E-state index is -3.74. The van der Waals surface area contributed by atoms with Crippen LogP contribution in [0.5, 0.6) is 0 Å². The first-order valence-electron chi connectivity index (χ1n) is 7.82. The van der Waals surface area contributed by atoms with Crippen LogP contribution >= 0.6 is 11.6 Å². The lowest BCUT2D eigenvalue weighted by molar-refractivity contribution is 0.0706. The molecule has 0 bridgehead atoms. The zero-order valence-corrected chi connectivity index (χ0v) is 15.5. The van der Waals surface area contributed by atoms with Crippen LogP contribution in [0.25, 0.3) is 11.1 Å². The van der Waals surface area contributed by atoms with Gasteiger partial charge in [0.05, 0.1) is 4.90 Å². The molecule has 8 heteroatoms. The molecule has 0 saturated heterocycles. The Kier molecular flexibility index (Phi) is 5.46. The van der Waals surface area contributed by atoms with E-state index in [0.717, 1.165) is 11.1 Å². The first-order chi connectivity index (χ1) is 12.9. The number of halogens is 1. The van der Waals surface area contributed by atoms with E-state index in [0.29, 0.717) is 16.3 Å². The molecule has 6 nitrogen and oxygen atoms in total. The highest BCUT2D eigenvalue weighted by Crippen LogP contribution is 2.25. The maximum absolute atomic E-state index is 12.5. The van der Waals surface area contributed by atoms with Gasteiger partial charge in [0.1, 0.15) is 0 Å². The average Bonchev–Trinajstić information content (AvgIpc) is 2.67. The van der Waals surface area contributed by atoms with Crippen molar-refractivity contribution in [3.05, 3.63) is 83.4 Å². The summed E-state index contributed by atoms with van der Waals surface area (Å²) in [6.07, 6.45) is 0. The molecule has 0 atom stereocenters. The van der Waals surface area contributed by atoms with E-state index < -0.39 is 15.9 Å². The van der Waals surface area contributed by atoms with Gasteiger partial charge >= 0.3 is 0 Å². The maximum atomic E-state index is 12.5. The van der Waals surface area contributed by atoms with Crippen molar-refractivity contribution >= 4 is 33.2 Å². The number of hydrogen-bond donors (Lipinski definition) is 3. The van der Waals surface area contributed by atoms with Crippen molar-refractivity contribution in [2.45, 2.75) is 4.90 Å². The summed E-state index contributed by atoms with van der Waals surface area (Å²) in [6.45, 7) is 0. The van der Waals surface area contributed by atoms with Crippen LogP contribution in [-0.2, 0) is 10.0 Å². The first-order valence-corrected chi connectivity index (χ1v) is 9.68. The predicted octanol–water partition coefficient (Wildman–Crippen LogP) is 3.93. The van der Waals surface area contributed by atoms with Gasteiger partial charge in [0.25, 0.3) is 15.9 Å². The lowest BCUT2D eigenvalue weighted by Crippen LogP contribution is -2.18. The minimum Gasteiger partial charge on any atom is -0.288 e. The second-order valence-corrected chi connectivity index (χ2v) is 7.78. The molecule has 3 aromatic carbocycles. The van der Waals surface area contributed by atoms with E-state index in [1.54, 1.807) is 47.9 Å². The molecule has 0 aromatic heterocycles. The van der Waals surface area contributed by atoms with Gasteiger partial charge in [-0.25, -0.2) is 13.9 Å². The Hall–Kier alpha value is -2.87. The quantitative estimate of drug-likeness (QED) is 0.445. The number of nitrogens with one attached hydrogen (secondary N) is 2. The number of rotatable bonds is 5. The third-order valence-corrected chi connectivity index (χ3v) is 5.47. The number of sulfonamides is 1. The van der Waals surface area contributed by atoms with E-state index in [1.165, 1.54) is 24.3 Å². The summed E-state index contributed by atoms with van der Waals surface area (Å²) in [5.74, 6) is -0.606. The van der Waals surface area contributed by atoms with Gasteiger partial charge in [0, 0.05) is 16.3 Å². The highest BCUT2D eigenvalue weighted by atomic mass is 35.5. The van der Waals surface area contributed by atoms with Gasteiger partial charge in [-0.1, -0.05) is 35.9 Å². The normalized spacial score (nSPS) is 11.0. The minimum absolute atomic E-state index is 0.108. The van der Waals surface area contributed by atoms with Crippen molar-refractivity contribution < 1.29 is 18.4 Å². The molecule has 0 heterocycles. The molecule has 0 aliphatic carbocycles. The molecule has 27 heavy (non-hydrogen) atoms. The van der Waals surface area contributed by atoms with Crippen LogP contribution < -0.4 is 10.2 Å². The molecule has 0 spiro atoms. The van der Waals surface area contributed by atoms with Gasteiger partial charge in [-0.05, 0) is 59.7 Å². The summed E-state index contributed by atoms with van der Waals surface area (Å²) < 4.78 is 27.5. The largest absolute Gasteiger partial charge is 0.288 e. The molecule has 1 amide bonds. The zero-order chi connectivity index (χ0) is 19.4. The first kappa shape index (κ1) is 18.9. The van der Waals surface area contributed by atoms with Crippen LogP contribution in [0.2, 0.25) is 5.02 Å². The SMILES string of the molecule is O=C(NO)c1ccc(-c2cccc(NS(=O)(=O)c3ccc(Cl)cc3)c2)cc1. The van der Waals surface area contributed by atoms with E-state index in [9.17, 15) is 13.2 Å². The number of carbonyl (C=O) groups is 1. The van der Waals surface area contributed by atoms with Crippen LogP contribution in [0.15, 0.2) is 77.7 Å². The highest BCUT2D eigenvalue weighted by Gasteiger charge is 2.14. The molecule has 3 N–H and O–H groups in total. The number of hydrogen-bond acceptors (Lipinski definition) is 4. The molecular formula is C19H15ClN2O4S. The van der Waals surface area contributed by atoms with E-state index in [1.807, 2.05) is 6.07 Å². The summed E-state index contributed by atoms with van der Waals surface area (Å²) in [5.41, 5.74) is 3.83. The zero-order valence-electron chi connectivity index (χ0n) is 13.9. The van der Waals surface area contributed by atoms with Gasteiger partial charge in [0.15, 0.2) is 0 Å². The topological polar surface area (TPSA) is 95.5 Å². The summed E-state index contributed by atoms with van der Waals surface area (Å²) in [6, 6.07) is 19.3. The van der Waals surface area contributed by atoms with E-state index in [4.69, 9.17) is 16.8 Å². The van der Waals surface area contributed by atoms with Crippen molar-refractivity contribution in [3.63, 3.8) is 0 Å². The molecule has 138 valence electrons. The van der Waals surface area contributed by atoms with Crippen molar-refractivity contribution in [1.82, 2.24) is 5.48 Å². The fourth-order valence-corrected chi connectivity index (χ4v) is 3.64. The molecule has 3 rings (SSSR count). The lowest BCUT2D eigenvalue weighted by Gasteiger charge is -2.10. The molecule has 0 fully saturated rings. The second-order valence-electron chi connectivity index (χ2n) is 5.66. The number of hydroxylamine groups is 1. The van der Waals surface area contributed by atoms with Crippen molar-refractivity contribution in [2.24, 2.45) is 0 Å². The number of carbonyl (C=O) groups excluding carboxylic acids is 1. The van der Waals surface area contributed by atoms with E-state index >= 15 is 0 Å². The second kappa shape index (κ2) is 7.79. The third kappa shape index (κ3) is 4.46. The Bertz CT molecular complexity index is 1070. The van der Waals surface area contributed by atoms with Gasteiger partial charge < -0.3 is 0 Å². The summed E-state index contributed by atoms with van der Waals surface area (Å²) in [7, 11) is -3.74.